The molecule has 0 aliphatic carbocycles. The molecule has 10 heteroatoms. The highest BCUT2D eigenvalue weighted by Crippen LogP contribution is 2.31. The summed E-state index contributed by atoms with van der Waals surface area (Å²) in [7, 11) is 2.08. The van der Waals surface area contributed by atoms with Gasteiger partial charge in [-0.2, -0.15) is 4.98 Å². The third kappa shape index (κ3) is 4.49. The first-order chi connectivity index (χ1) is 12.7. The summed E-state index contributed by atoms with van der Waals surface area (Å²) in [6.07, 6.45) is 1.76. The number of hydrogen-bond acceptors (Lipinski definition) is 9. The Labute approximate surface area is 167 Å². The number of piperazine rings is 1. The number of likely N-dealkylation sites (N-methyl/N-ethyl adjacent to an activating group) is 1. The zero-order valence-corrected chi connectivity index (χ0v) is 16.7. The second kappa shape index (κ2) is 8.83. The van der Waals surface area contributed by atoms with Crippen molar-refractivity contribution in [1.29, 1.82) is 0 Å². The average Bonchev–Trinajstić information content (AvgIpc) is 3.30. The second-order valence-corrected chi connectivity index (χ2v) is 7.20. The van der Waals surface area contributed by atoms with Crippen LogP contribution in [0.4, 0.5) is 0 Å². The number of aromatic nitrogens is 4. The van der Waals surface area contributed by atoms with Crippen LogP contribution < -0.4 is 5.32 Å². The SMILES string of the molecule is Cc1cc(CSc2ncccc2-c2nc(C3CNCCN3C)no2)no1.Cl. The Morgan fingerprint density at radius 1 is 1.33 bits per heavy atom. The molecule has 1 unspecified atom stereocenters. The van der Waals surface area contributed by atoms with E-state index in [9.17, 15) is 0 Å². The van der Waals surface area contributed by atoms with Crippen molar-refractivity contribution in [2.24, 2.45) is 0 Å². The van der Waals surface area contributed by atoms with Gasteiger partial charge >= 0.3 is 0 Å². The van der Waals surface area contributed by atoms with Gasteiger partial charge in [-0.1, -0.05) is 22.1 Å². The number of thioether (sulfide) groups is 1. The number of hydrogen-bond donors (Lipinski definition) is 1. The Morgan fingerprint density at radius 3 is 3.00 bits per heavy atom. The van der Waals surface area contributed by atoms with E-state index in [2.05, 4.69) is 37.5 Å². The lowest BCUT2D eigenvalue weighted by molar-refractivity contribution is 0.190. The summed E-state index contributed by atoms with van der Waals surface area (Å²) in [6.45, 7) is 4.63. The van der Waals surface area contributed by atoms with E-state index in [1.807, 2.05) is 25.1 Å². The molecule has 1 aliphatic rings. The van der Waals surface area contributed by atoms with Crippen molar-refractivity contribution in [3.63, 3.8) is 0 Å². The predicted molar refractivity (Wildman–Crippen MR) is 104 cm³/mol. The van der Waals surface area contributed by atoms with Gasteiger partial charge in [0.05, 0.1) is 17.3 Å². The molecule has 1 N–H and O–H groups in total. The van der Waals surface area contributed by atoms with Crippen LogP contribution in [0.3, 0.4) is 0 Å². The molecule has 3 aromatic rings. The zero-order valence-electron chi connectivity index (χ0n) is 15.1. The van der Waals surface area contributed by atoms with Crippen LogP contribution in [0.25, 0.3) is 11.5 Å². The minimum Gasteiger partial charge on any atom is -0.361 e. The highest BCUT2D eigenvalue weighted by atomic mass is 35.5. The van der Waals surface area contributed by atoms with E-state index >= 15 is 0 Å². The zero-order chi connectivity index (χ0) is 17.9. The van der Waals surface area contributed by atoms with Gasteiger partial charge in [0.15, 0.2) is 5.82 Å². The van der Waals surface area contributed by atoms with Crippen molar-refractivity contribution >= 4 is 24.2 Å². The van der Waals surface area contributed by atoms with Gasteiger partial charge in [0.25, 0.3) is 5.89 Å². The Balaban J connectivity index is 0.00000210. The van der Waals surface area contributed by atoms with Gasteiger partial charge in [-0.15, -0.1) is 12.4 Å². The maximum absolute atomic E-state index is 5.55. The summed E-state index contributed by atoms with van der Waals surface area (Å²) in [6, 6.07) is 5.86. The maximum atomic E-state index is 5.55. The normalized spacial score (nSPS) is 17.6. The second-order valence-electron chi connectivity index (χ2n) is 6.23. The molecule has 4 heterocycles. The molecule has 0 spiro atoms. The van der Waals surface area contributed by atoms with Crippen molar-refractivity contribution in [2.45, 2.75) is 23.7 Å². The average molecular weight is 409 g/mol. The van der Waals surface area contributed by atoms with E-state index in [0.717, 1.165) is 41.7 Å². The van der Waals surface area contributed by atoms with Gasteiger partial charge < -0.3 is 14.4 Å². The minimum atomic E-state index is 0. The number of pyridine rings is 1. The van der Waals surface area contributed by atoms with E-state index < -0.39 is 0 Å². The Hall–Kier alpha value is -1.94. The molecule has 8 nitrogen and oxygen atoms in total. The monoisotopic (exact) mass is 408 g/mol. The van der Waals surface area contributed by atoms with Crippen LogP contribution in [0.2, 0.25) is 0 Å². The molecule has 0 amide bonds. The number of halogens is 1. The van der Waals surface area contributed by atoms with Crippen molar-refractivity contribution in [2.75, 3.05) is 26.7 Å². The lowest BCUT2D eigenvalue weighted by Crippen LogP contribution is -2.44. The van der Waals surface area contributed by atoms with E-state index in [1.165, 1.54) is 0 Å². The summed E-state index contributed by atoms with van der Waals surface area (Å²) in [5, 5.41) is 12.4. The standard InChI is InChI=1S/C17H20N6O2S.ClH/c1-11-8-12(21-24-11)10-26-17-13(4-3-5-19-17)16-20-15(22-25-16)14-9-18-6-7-23(14)2;/h3-5,8,14,18H,6-7,9-10H2,1-2H3;1H. The molecule has 4 rings (SSSR count). The number of nitrogens with one attached hydrogen (secondary N) is 1. The van der Waals surface area contributed by atoms with Crippen LogP contribution in [-0.2, 0) is 5.75 Å². The van der Waals surface area contributed by atoms with Crippen LogP contribution in [0.15, 0.2) is 38.5 Å². The summed E-state index contributed by atoms with van der Waals surface area (Å²) < 4.78 is 10.7. The summed E-state index contributed by atoms with van der Waals surface area (Å²) in [4.78, 5) is 11.3. The molecular formula is C17H21ClN6O2S. The van der Waals surface area contributed by atoms with Gasteiger partial charge in [-0.25, -0.2) is 4.98 Å². The number of aryl methyl sites for hydroxylation is 1. The fourth-order valence-electron chi connectivity index (χ4n) is 2.87. The topological polar surface area (TPSA) is 93.1 Å². The molecule has 0 saturated carbocycles. The predicted octanol–water partition coefficient (Wildman–Crippen LogP) is 2.72. The maximum Gasteiger partial charge on any atom is 0.260 e. The molecular weight excluding hydrogens is 388 g/mol. The Bertz CT molecular complexity index is 886. The first kappa shape index (κ1) is 19.8. The van der Waals surface area contributed by atoms with Crippen LogP contribution >= 0.6 is 24.2 Å². The third-order valence-corrected chi connectivity index (χ3v) is 5.32. The number of rotatable bonds is 5. The molecule has 1 aliphatic heterocycles. The summed E-state index contributed by atoms with van der Waals surface area (Å²) in [5.74, 6) is 2.65. The number of nitrogens with zero attached hydrogens (tertiary/aromatic N) is 5. The molecule has 0 bridgehead atoms. The lowest BCUT2D eigenvalue weighted by atomic mass is 10.2. The van der Waals surface area contributed by atoms with Gasteiger partial charge in [-0.05, 0) is 26.1 Å². The lowest BCUT2D eigenvalue weighted by Gasteiger charge is -2.30. The van der Waals surface area contributed by atoms with E-state index in [-0.39, 0.29) is 18.4 Å². The van der Waals surface area contributed by atoms with E-state index in [0.29, 0.717) is 17.5 Å². The van der Waals surface area contributed by atoms with E-state index in [1.54, 1.807) is 18.0 Å². The molecule has 1 saturated heterocycles. The molecule has 1 atom stereocenters. The molecule has 1 fully saturated rings. The molecule has 0 radical (unpaired) electrons. The molecule has 27 heavy (non-hydrogen) atoms. The van der Waals surface area contributed by atoms with Crippen molar-refractivity contribution in [3.05, 3.63) is 41.7 Å². The van der Waals surface area contributed by atoms with Gasteiger partial charge in [0, 0.05) is 37.7 Å². The fourth-order valence-corrected chi connectivity index (χ4v) is 3.74. The van der Waals surface area contributed by atoms with Gasteiger partial charge in [0.2, 0.25) is 0 Å². The van der Waals surface area contributed by atoms with E-state index in [4.69, 9.17) is 9.05 Å². The van der Waals surface area contributed by atoms with Crippen LogP contribution in [0, 0.1) is 6.92 Å². The quantitative estimate of drug-likeness (QED) is 0.639. The fraction of sp³-hybridized carbons (Fsp3) is 0.412. The Morgan fingerprint density at radius 2 is 2.22 bits per heavy atom. The Kier molecular flexibility index (Phi) is 6.48. The van der Waals surface area contributed by atoms with Gasteiger partial charge in [-0.3, -0.25) is 4.90 Å². The highest BCUT2D eigenvalue weighted by molar-refractivity contribution is 7.98. The van der Waals surface area contributed by atoms with Crippen LogP contribution in [0.5, 0.6) is 0 Å². The summed E-state index contributed by atoms with van der Waals surface area (Å²) in [5.41, 5.74) is 1.72. The van der Waals surface area contributed by atoms with Crippen LogP contribution in [0.1, 0.15) is 23.3 Å². The first-order valence-corrected chi connectivity index (χ1v) is 9.44. The van der Waals surface area contributed by atoms with Crippen molar-refractivity contribution < 1.29 is 9.05 Å². The molecule has 144 valence electrons. The summed E-state index contributed by atoms with van der Waals surface area (Å²) >= 11 is 1.57. The van der Waals surface area contributed by atoms with Gasteiger partial charge in [0.1, 0.15) is 10.8 Å². The largest absolute Gasteiger partial charge is 0.361 e. The van der Waals surface area contributed by atoms with Crippen molar-refractivity contribution in [1.82, 2.24) is 30.5 Å². The van der Waals surface area contributed by atoms with Crippen LogP contribution in [-0.4, -0.2) is 51.9 Å². The molecule has 0 aromatic carbocycles. The molecule has 3 aromatic heterocycles. The van der Waals surface area contributed by atoms with Crippen molar-refractivity contribution in [3.8, 4) is 11.5 Å². The third-order valence-electron chi connectivity index (χ3n) is 4.29. The minimum absolute atomic E-state index is 0. The smallest absolute Gasteiger partial charge is 0.260 e. The first-order valence-electron chi connectivity index (χ1n) is 8.45. The highest BCUT2D eigenvalue weighted by Gasteiger charge is 2.26.